The largest absolute Gasteiger partial charge is 0.444 e. The number of nitrogens with one attached hydrogen (secondary N) is 3. The number of aromatic nitrogens is 2. The van der Waals surface area contributed by atoms with E-state index in [0.717, 1.165) is 0 Å². The predicted octanol–water partition coefficient (Wildman–Crippen LogP) is 0.528. The number of carbonyl (C=O) groups excluding carboxylic acids is 2. The molecule has 0 atom stereocenters. The van der Waals surface area contributed by atoms with E-state index in [1.807, 2.05) is 13.8 Å². The van der Waals surface area contributed by atoms with Gasteiger partial charge in [0.1, 0.15) is 11.1 Å². The van der Waals surface area contributed by atoms with Crippen LogP contribution in [0.3, 0.4) is 0 Å². The zero-order chi connectivity index (χ0) is 18.7. The van der Waals surface area contributed by atoms with Gasteiger partial charge in [0.05, 0.1) is 24.2 Å². The molecule has 0 bridgehead atoms. The molecule has 0 aromatic carbocycles. The van der Waals surface area contributed by atoms with Gasteiger partial charge in [-0.2, -0.15) is 5.10 Å². The number of carbonyl (C=O) groups is 2. The molecule has 9 heteroatoms. The number of amides is 2. The lowest BCUT2D eigenvalue weighted by molar-refractivity contribution is -0.123. The molecule has 2 aromatic heterocycles. The number of H-pyrrole nitrogens is 1. The van der Waals surface area contributed by atoms with Crippen LogP contribution in [0.15, 0.2) is 9.21 Å². The van der Waals surface area contributed by atoms with E-state index in [1.165, 1.54) is 0 Å². The van der Waals surface area contributed by atoms with E-state index in [2.05, 4.69) is 20.8 Å². The summed E-state index contributed by atoms with van der Waals surface area (Å²) < 4.78 is 5.52. The van der Waals surface area contributed by atoms with Gasteiger partial charge in [-0.3, -0.25) is 24.6 Å². The second-order valence-electron chi connectivity index (χ2n) is 6.32. The Kier molecular flexibility index (Phi) is 5.58. The molecule has 9 nitrogen and oxygen atoms in total. The first-order valence-electron chi connectivity index (χ1n) is 7.95. The van der Waals surface area contributed by atoms with E-state index in [9.17, 15) is 14.4 Å². The zero-order valence-electron chi connectivity index (χ0n) is 15.0. The minimum Gasteiger partial charge on any atom is -0.444 e. The maximum absolute atomic E-state index is 12.2. The number of fused-ring (bicyclic) bond motifs is 1. The quantitative estimate of drug-likeness (QED) is 0.699. The van der Waals surface area contributed by atoms with Crippen molar-refractivity contribution < 1.29 is 14.0 Å². The zero-order valence-corrected chi connectivity index (χ0v) is 15.0. The Morgan fingerprint density at radius 3 is 2.48 bits per heavy atom. The fraction of sp³-hybridized carbons (Fsp3) is 0.500. The van der Waals surface area contributed by atoms with Crippen molar-refractivity contribution in [3.8, 4) is 0 Å². The fourth-order valence-electron chi connectivity index (χ4n) is 2.61. The lowest BCUT2D eigenvalue weighted by atomic mass is 10.2. The fourth-order valence-corrected chi connectivity index (χ4v) is 2.61. The number of likely N-dealkylation sites (N-methyl/N-ethyl adjacent to an activating group) is 1. The minimum absolute atomic E-state index is 0.0191. The molecule has 0 spiro atoms. The van der Waals surface area contributed by atoms with Crippen molar-refractivity contribution in [3.63, 3.8) is 0 Å². The van der Waals surface area contributed by atoms with Crippen molar-refractivity contribution in [2.24, 2.45) is 0 Å². The Labute approximate surface area is 144 Å². The van der Waals surface area contributed by atoms with Crippen LogP contribution in [0.2, 0.25) is 0 Å². The Hall–Kier alpha value is -2.68. The topological polar surface area (TPSA) is 120 Å². The van der Waals surface area contributed by atoms with E-state index in [0.29, 0.717) is 16.8 Å². The Morgan fingerprint density at radius 2 is 1.84 bits per heavy atom. The maximum atomic E-state index is 12.2. The van der Waals surface area contributed by atoms with Crippen LogP contribution in [0, 0.1) is 13.8 Å². The first-order valence-corrected chi connectivity index (χ1v) is 7.95. The summed E-state index contributed by atoms with van der Waals surface area (Å²) in [6.07, 6.45) is 0. The van der Waals surface area contributed by atoms with Gasteiger partial charge < -0.3 is 9.73 Å². The third-order valence-electron chi connectivity index (χ3n) is 3.53. The standard InChI is InChI=1S/C16H23N5O4/c1-8(2)17-11(22)6-21(5)7-12(23)18-16-14-13(10(4)25-16)9(3)19-20-15(14)24/h8H,6-7H2,1-5H3,(H,17,22)(H,18,23)(H,20,24). The van der Waals surface area contributed by atoms with Crippen molar-refractivity contribution in [1.29, 1.82) is 0 Å². The summed E-state index contributed by atoms with van der Waals surface area (Å²) in [7, 11) is 1.66. The monoisotopic (exact) mass is 349 g/mol. The van der Waals surface area contributed by atoms with Crippen LogP contribution in [0.4, 0.5) is 5.88 Å². The molecule has 2 aromatic rings. The van der Waals surface area contributed by atoms with Crippen molar-refractivity contribution in [2.75, 3.05) is 25.5 Å². The molecule has 2 rings (SSSR count). The van der Waals surface area contributed by atoms with Gasteiger partial charge in [-0.05, 0) is 34.7 Å². The highest BCUT2D eigenvalue weighted by molar-refractivity contribution is 6.02. The molecular formula is C16H23N5O4. The lowest BCUT2D eigenvalue weighted by Crippen LogP contribution is -2.41. The molecule has 0 aliphatic carbocycles. The van der Waals surface area contributed by atoms with Gasteiger partial charge in [0, 0.05) is 6.04 Å². The van der Waals surface area contributed by atoms with Gasteiger partial charge in [0.15, 0.2) is 0 Å². The molecule has 25 heavy (non-hydrogen) atoms. The predicted molar refractivity (Wildman–Crippen MR) is 93.5 cm³/mol. The van der Waals surface area contributed by atoms with Gasteiger partial charge in [0.2, 0.25) is 17.7 Å². The first-order chi connectivity index (χ1) is 11.7. The average Bonchev–Trinajstić information content (AvgIpc) is 2.79. The van der Waals surface area contributed by atoms with Crippen molar-refractivity contribution in [3.05, 3.63) is 21.8 Å². The second kappa shape index (κ2) is 7.47. The third kappa shape index (κ3) is 4.44. The molecular weight excluding hydrogens is 326 g/mol. The van der Waals surface area contributed by atoms with Gasteiger partial charge in [-0.1, -0.05) is 0 Å². The van der Waals surface area contributed by atoms with Gasteiger partial charge in [-0.25, -0.2) is 5.10 Å². The van der Waals surface area contributed by atoms with Crippen LogP contribution >= 0.6 is 0 Å². The minimum atomic E-state index is -0.433. The number of aryl methyl sites for hydroxylation is 2. The summed E-state index contributed by atoms with van der Waals surface area (Å²) in [5.74, 6) is 0.0439. The number of nitrogens with zero attached hydrogens (tertiary/aromatic N) is 2. The summed E-state index contributed by atoms with van der Waals surface area (Å²) in [4.78, 5) is 37.5. The van der Waals surface area contributed by atoms with Crippen LogP contribution in [0.25, 0.3) is 10.8 Å². The summed E-state index contributed by atoms with van der Waals surface area (Å²) >= 11 is 0. The molecule has 0 radical (unpaired) electrons. The van der Waals surface area contributed by atoms with E-state index < -0.39 is 5.56 Å². The number of furan rings is 1. The van der Waals surface area contributed by atoms with Crippen molar-refractivity contribution >= 4 is 28.5 Å². The normalized spacial score (nSPS) is 11.3. The molecule has 0 aliphatic rings. The van der Waals surface area contributed by atoms with Crippen LogP contribution in [-0.2, 0) is 9.59 Å². The number of anilines is 1. The Balaban J connectivity index is 2.09. The average molecular weight is 349 g/mol. The number of hydrogen-bond donors (Lipinski definition) is 3. The van der Waals surface area contributed by atoms with Crippen LogP contribution in [0.5, 0.6) is 0 Å². The van der Waals surface area contributed by atoms with Gasteiger partial charge in [-0.15, -0.1) is 0 Å². The summed E-state index contributed by atoms with van der Waals surface area (Å²) in [6, 6.07) is 0.0377. The third-order valence-corrected chi connectivity index (χ3v) is 3.53. The highest BCUT2D eigenvalue weighted by atomic mass is 16.4. The summed E-state index contributed by atoms with van der Waals surface area (Å²) in [5.41, 5.74) is 0.177. The molecule has 0 unspecified atom stereocenters. The van der Waals surface area contributed by atoms with E-state index >= 15 is 0 Å². The number of hydrogen-bond acceptors (Lipinski definition) is 6. The van der Waals surface area contributed by atoms with Crippen molar-refractivity contribution in [1.82, 2.24) is 20.4 Å². The molecule has 3 N–H and O–H groups in total. The van der Waals surface area contributed by atoms with Crippen LogP contribution in [-0.4, -0.2) is 53.1 Å². The first kappa shape index (κ1) is 18.7. The maximum Gasteiger partial charge on any atom is 0.277 e. The molecule has 0 aliphatic heterocycles. The van der Waals surface area contributed by atoms with E-state index in [1.54, 1.807) is 25.8 Å². The number of rotatable bonds is 6. The molecule has 136 valence electrons. The van der Waals surface area contributed by atoms with Crippen molar-refractivity contribution in [2.45, 2.75) is 33.7 Å². The summed E-state index contributed by atoms with van der Waals surface area (Å²) in [6.45, 7) is 7.25. The molecule has 0 fully saturated rings. The molecule has 0 saturated heterocycles. The Morgan fingerprint density at radius 1 is 1.20 bits per heavy atom. The molecule has 0 saturated carbocycles. The van der Waals surface area contributed by atoms with E-state index in [-0.39, 0.29) is 42.2 Å². The van der Waals surface area contributed by atoms with Gasteiger partial charge in [0.25, 0.3) is 5.56 Å². The highest BCUT2D eigenvalue weighted by Gasteiger charge is 2.19. The van der Waals surface area contributed by atoms with Crippen LogP contribution in [0.1, 0.15) is 25.3 Å². The highest BCUT2D eigenvalue weighted by Crippen LogP contribution is 2.28. The second-order valence-corrected chi connectivity index (χ2v) is 6.32. The molecule has 2 heterocycles. The molecule has 2 amide bonds. The van der Waals surface area contributed by atoms with E-state index in [4.69, 9.17) is 4.42 Å². The smallest absolute Gasteiger partial charge is 0.277 e. The SMILES string of the molecule is Cc1n[nH]c(=O)c2c(NC(=O)CN(C)CC(=O)NC(C)C)oc(C)c12. The Bertz CT molecular complexity index is 852. The van der Waals surface area contributed by atoms with Crippen LogP contribution < -0.4 is 16.2 Å². The number of aromatic amines is 1. The lowest BCUT2D eigenvalue weighted by Gasteiger charge is -2.16. The van der Waals surface area contributed by atoms with Gasteiger partial charge >= 0.3 is 0 Å². The summed E-state index contributed by atoms with van der Waals surface area (Å²) in [5, 5.41) is 12.5.